The quantitative estimate of drug-likeness (QED) is 0.135. The van der Waals surface area contributed by atoms with Crippen molar-refractivity contribution in [1.29, 1.82) is 0 Å². The summed E-state index contributed by atoms with van der Waals surface area (Å²) in [4.78, 5) is 35.0. The van der Waals surface area contributed by atoms with Gasteiger partial charge in [0.15, 0.2) is 0 Å². The summed E-state index contributed by atoms with van der Waals surface area (Å²) >= 11 is 4.20. The standard InChI is InChI=1S/C16H27N3O4S/c20-12(11-14(21)17-13-6-9-23-15(13)22)5-8-16(18-19-16)7-3-1-2-4-10-24/h13,18-19,24H,1-11H2,(H,17,21). The summed E-state index contributed by atoms with van der Waals surface area (Å²) in [5.41, 5.74) is 6.13. The molecule has 2 aliphatic heterocycles. The van der Waals surface area contributed by atoms with Crippen LogP contribution >= 0.6 is 12.6 Å². The molecule has 2 fully saturated rings. The fraction of sp³-hybridized carbons (Fsp3) is 0.812. The third-order valence-corrected chi connectivity index (χ3v) is 4.77. The Kier molecular flexibility index (Phi) is 7.51. The van der Waals surface area contributed by atoms with Crippen LogP contribution in [0.5, 0.6) is 0 Å². The number of carbonyl (C=O) groups is 3. The predicted molar refractivity (Wildman–Crippen MR) is 92.3 cm³/mol. The smallest absolute Gasteiger partial charge is 0.328 e. The van der Waals surface area contributed by atoms with Crippen molar-refractivity contribution in [3.63, 3.8) is 0 Å². The number of hydrogen-bond acceptors (Lipinski definition) is 7. The number of hydrogen-bond donors (Lipinski definition) is 4. The number of ether oxygens (including phenoxy) is 1. The molecule has 8 heteroatoms. The fourth-order valence-corrected chi connectivity index (χ4v) is 3.07. The molecule has 0 saturated carbocycles. The van der Waals surface area contributed by atoms with E-state index in [9.17, 15) is 14.4 Å². The van der Waals surface area contributed by atoms with Crippen LogP contribution in [-0.2, 0) is 19.1 Å². The molecular weight excluding hydrogens is 330 g/mol. The number of amides is 1. The summed E-state index contributed by atoms with van der Waals surface area (Å²) in [5, 5.41) is 2.55. The highest BCUT2D eigenvalue weighted by atomic mass is 32.1. The second-order valence-electron chi connectivity index (χ2n) is 6.51. The zero-order valence-electron chi connectivity index (χ0n) is 13.9. The van der Waals surface area contributed by atoms with E-state index in [1.807, 2.05) is 0 Å². The number of ketones is 1. The summed E-state index contributed by atoms with van der Waals surface area (Å²) in [5.74, 6) is 0.000732. The molecule has 1 amide bonds. The van der Waals surface area contributed by atoms with Gasteiger partial charge in [0.05, 0.1) is 18.7 Å². The zero-order valence-corrected chi connectivity index (χ0v) is 14.8. The monoisotopic (exact) mass is 357 g/mol. The molecule has 3 N–H and O–H groups in total. The zero-order chi connectivity index (χ0) is 17.4. The van der Waals surface area contributed by atoms with E-state index < -0.39 is 17.9 Å². The third kappa shape index (κ3) is 6.41. The van der Waals surface area contributed by atoms with E-state index in [2.05, 4.69) is 28.8 Å². The van der Waals surface area contributed by atoms with Gasteiger partial charge in [0, 0.05) is 12.8 Å². The average molecular weight is 357 g/mol. The number of unbranched alkanes of at least 4 members (excludes halogenated alkanes) is 3. The Balaban J connectivity index is 1.58. The Bertz CT molecular complexity index is 468. The lowest BCUT2D eigenvalue weighted by molar-refractivity contribution is -0.142. The maximum Gasteiger partial charge on any atom is 0.328 e. The van der Waals surface area contributed by atoms with Gasteiger partial charge in [0.2, 0.25) is 5.91 Å². The Labute approximate surface area is 148 Å². The van der Waals surface area contributed by atoms with Crippen molar-refractivity contribution in [2.75, 3.05) is 12.4 Å². The molecule has 2 rings (SSSR count). The number of carbonyl (C=O) groups excluding carboxylic acids is 3. The first-order valence-corrected chi connectivity index (χ1v) is 9.31. The van der Waals surface area contributed by atoms with Gasteiger partial charge in [-0.25, -0.2) is 15.6 Å². The molecule has 0 spiro atoms. The molecule has 1 unspecified atom stereocenters. The van der Waals surface area contributed by atoms with E-state index in [-0.39, 0.29) is 17.9 Å². The highest BCUT2D eigenvalue weighted by molar-refractivity contribution is 7.80. The van der Waals surface area contributed by atoms with Gasteiger partial charge in [-0.1, -0.05) is 19.3 Å². The first kappa shape index (κ1) is 19.2. The van der Waals surface area contributed by atoms with Gasteiger partial charge in [-0.3, -0.25) is 9.59 Å². The number of Topliss-reactive ketones (excluding diaryl/α,β-unsaturated/α-hetero) is 1. The number of esters is 1. The van der Waals surface area contributed by atoms with Crippen LogP contribution in [0.3, 0.4) is 0 Å². The summed E-state index contributed by atoms with van der Waals surface area (Å²) in [6.07, 6.45) is 6.89. The minimum absolute atomic E-state index is 0.108. The average Bonchev–Trinajstić information content (AvgIpc) is 3.21. The molecule has 1 atom stereocenters. The number of cyclic esters (lactones) is 1. The normalized spacial score (nSPS) is 21.4. The number of nitrogens with one attached hydrogen (secondary N) is 3. The Hall–Kier alpha value is -1.12. The first-order valence-electron chi connectivity index (χ1n) is 8.67. The van der Waals surface area contributed by atoms with E-state index in [1.54, 1.807) is 0 Å². The van der Waals surface area contributed by atoms with E-state index in [0.29, 0.717) is 25.9 Å². The molecule has 0 aromatic carbocycles. The van der Waals surface area contributed by atoms with Crippen LogP contribution in [0, 0.1) is 0 Å². The third-order valence-electron chi connectivity index (χ3n) is 4.45. The summed E-state index contributed by atoms with van der Waals surface area (Å²) in [6.45, 7) is 0.325. The molecule has 0 aromatic rings. The number of thiol groups is 1. The van der Waals surface area contributed by atoms with Crippen LogP contribution in [0.1, 0.15) is 57.8 Å². The second-order valence-corrected chi connectivity index (χ2v) is 6.96. The van der Waals surface area contributed by atoms with Gasteiger partial charge in [0.1, 0.15) is 11.8 Å². The van der Waals surface area contributed by atoms with Crippen molar-refractivity contribution in [1.82, 2.24) is 16.2 Å². The summed E-state index contributed by atoms with van der Waals surface area (Å²) < 4.78 is 4.77. The highest BCUT2D eigenvalue weighted by Crippen LogP contribution is 2.25. The van der Waals surface area contributed by atoms with Crippen LogP contribution in [0.25, 0.3) is 0 Å². The van der Waals surface area contributed by atoms with Crippen molar-refractivity contribution in [2.24, 2.45) is 0 Å². The Morgan fingerprint density at radius 3 is 2.58 bits per heavy atom. The largest absolute Gasteiger partial charge is 0.464 e. The van der Waals surface area contributed by atoms with Gasteiger partial charge in [-0.05, 0) is 25.0 Å². The second kappa shape index (κ2) is 9.39. The summed E-state index contributed by atoms with van der Waals surface area (Å²) in [6, 6.07) is -0.597. The Morgan fingerprint density at radius 2 is 1.96 bits per heavy atom. The maximum absolute atomic E-state index is 12.0. The predicted octanol–water partition coefficient (Wildman–Crippen LogP) is 0.842. The lowest BCUT2D eigenvalue weighted by Gasteiger charge is -2.12. The molecule has 24 heavy (non-hydrogen) atoms. The molecular formula is C16H27N3O4S. The van der Waals surface area contributed by atoms with Gasteiger partial charge in [0.25, 0.3) is 0 Å². The van der Waals surface area contributed by atoms with Crippen LogP contribution in [0.15, 0.2) is 0 Å². The molecule has 0 aliphatic carbocycles. The van der Waals surface area contributed by atoms with E-state index >= 15 is 0 Å². The molecule has 7 nitrogen and oxygen atoms in total. The molecule has 2 saturated heterocycles. The minimum Gasteiger partial charge on any atom is -0.464 e. The van der Waals surface area contributed by atoms with Crippen LogP contribution in [0.2, 0.25) is 0 Å². The molecule has 2 aliphatic rings. The lowest BCUT2D eigenvalue weighted by Crippen LogP contribution is -2.38. The van der Waals surface area contributed by atoms with Gasteiger partial charge in [-0.2, -0.15) is 12.6 Å². The van der Waals surface area contributed by atoms with Gasteiger partial charge in [-0.15, -0.1) is 0 Å². The fourth-order valence-electron chi connectivity index (χ4n) is 2.85. The van der Waals surface area contributed by atoms with Crippen LogP contribution in [-0.4, -0.2) is 41.7 Å². The molecule has 2 heterocycles. The number of hydrazine groups is 1. The van der Waals surface area contributed by atoms with E-state index in [4.69, 9.17) is 4.74 Å². The van der Waals surface area contributed by atoms with Crippen molar-refractivity contribution in [3.05, 3.63) is 0 Å². The topological polar surface area (TPSA) is 116 Å². The molecule has 0 bridgehead atoms. The van der Waals surface area contributed by atoms with Crippen molar-refractivity contribution in [3.8, 4) is 0 Å². The molecule has 0 radical (unpaired) electrons. The Morgan fingerprint density at radius 1 is 1.21 bits per heavy atom. The maximum atomic E-state index is 12.0. The van der Waals surface area contributed by atoms with Crippen LogP contribution < -0.4 is 16.2 Å². The lowest BCUT2D eigenvalue weighted by atomic mass is 9.98. The minimum atomic E-state index is -0.597. The van der Waals surface area contributed by atoms with Crippen LogP contribution in [0.4, 0.5) is 0 Å². The van der Waals surface area contributed by atoms with Gasteiger partial charge >= 0.3 is 5.97 Å². The number of rotatable bonds is 12. The van der Waals surface area contributed by atoms with Crippen molar-refractivity contribution >= 4 is 30.3 Å². The van der Waals surface area contributed by atoms with Gasteiger partial charge < -0.3 is 10.1 Å². The SMILES string of the molecule is O=C(CCC1(CCCCCCS)NN1)CC(=O)NC1CCOC1=O. The summed E-state index contributed by atoms with van der Waals surface area (Å²) in [7, 11) is 0. The first-order chi connectivity index (χ1) is 11.5. The highest BCUT2D eigenvalue weighted by Gasteiger charge is 2.40. The van der Waals surface area contributed by atoms with Crippen molar-refractivity contribution < 1.29 is 19.1 Å². The molecule has 0 aromatic heterocycles. The van der Waals surface area contributed by atoms with E-state index in [0.717, 1.165) is 25.0 Å². The molecule has 136 valence electrons. The van der Waals surface area contributed by atoms with Crippen molar-refractivity contribution in [2.45, 2.75) is 69.5 Å². The van der Waals surface area contributed by atoms with E-state index in [1.165, 1.54) is 12.8 Å².